The molecule has 2 unspecified atom stereocenters. The fourth-order valence-corrected chi connectivity index (χ4v) is 6.78. The summed E-state index contributed by atoms with van der Waals surface area (Å²) in [6.07, 6.45) is 5.09. The number of nitrogens with one attached hydrogen (secondary N) is 3. The number of hydrogen-bond donors (Lipinski definition) is 4. The number of carboxylic acid groups (broad SMARTS) is 1. The second kappa shape index (κ2) is 14.9. The Bertz CT molecular complexity index is 1840. The molecule has 0 saturated carbocycles. The van der Waals surface area contributed by atoms with Crippen molar-refractivity contribution in [1.29, 1.82) is 0 Å². The SMILES string of the molecule is COc1cc(-c2nccc(-c3cccc(Nc4nccc(CN5CCC(C(=O)O)C5)c4F)c3Cl)c2Cl)ccc1CNCC1CCC(=O)N1. The van der Waals surface area contributed by atoms with Gasteiger partial charge in [0.15, 0.2) is 11.6 Å². The first-order valence-corrected chi connectivity index (χ1v) is 16.4. The fourth-order valence-electron chi connectivity index (χ4n) is 6.18. The maximum Gasteiger partial charge on any atom is 0.307 e. The quantitative estimate of drug-likeness (QED) is 0.136. The van der Waals surface area contributed by atoms with E-state index >= 15 is 4.39 Å². The number of aromatic nitrogens is 2. The molecular weight excluding hydrogens is 658 g/mol. The van der Waals surface area contributed by atoms with E-state index in [1.807, 2.05) is 29.2 Å². The van der Waals surface area contributed by atoms with Gasteiger partial charge < -0.3 is 25.8 Å². The summed E-state index contributed by atoms with van der Waals surface area (Å²) < 4.78 is 21.3. The Hall–Kier alpha value is -4.29. The van der Waals surface area contributed by atoms with Gasteiger partial charge in [-0.15, -0.1) is 0 Å². The summed E-state index contributed by atoms with van der Waals surface area (Å²) >= 11 is 13.9. The second-order valence-electron chi connectivity index (χ2n) is 12.0. The van der Waals surface area contributed by atoms with E-state index in [4.69, 9.17) is 27.9 Å². The van der Waals surface area contributed by atoms with Crippen LogP contribution in [-0.2, 0) is 22.7 Å². The van der Waals surface area contributed by atoms with Gasteiger partial charge in [0.05, 0.1) is 34.5 Å². The number of likely N-dealkylation sites (tertiary alicyclic amines) is 1. The minimum absolute atomic E-state index is 0.0108. The molecule has 2 aromatic heterocycles. The number of aliphatic carboxylic acids is 1. The van der Waals surface area contributed by atoms with Gasteiger partial charge in [0.2, 0.25) is 5.91 Å². The molecule has 4 heterocycles. The highest BCUT2D eigenvalue weighted by Gasteiger charge is 2.29. The maximum absolute atomic E-state index is 15.6. The third-order valence-electron chi connectivity index (χ3n) is 8.77. The van der Waals surface area contributed by atoms with Gasteiger partial charge in [0.25, 0.3) is 0 Å². The zero-order chi connectivity index (χ0) is 33.8. The number of carbonyl (C=O) groups excluding carboxylic acids is 1. The van der Waals surface area contributed by atoms with Crippen molar-refractivity contribution >= 4 is 46.6 Å². The van der Waals surface area contributed by atoms with Crippen LogP contribution in [-0.4, -0.2) is 64.6 Å². The van der Waals surface area contributed by atoms with Crippen LogP contribution in [0, 0.1) is 11.7 Å². The molecule has 2 aliphatic heterocycles. The van der Waals surface area contributed by atoms with Crippen LogP contribution in [0.3, 0.4) is 0 Å². The van der Waals surface area contributed by atoms with E-state index < -0.39 is 17.7 Å². The first-order chi connectivity index (χ1) is 23.2. The maximum atomic E-state index is 15.6. The van der Waals surface area contributed by atoms with E-state index in [0.29, 0.717) is 82.9 Å². The Kier molecular flexibility index (Phi) is 10.4. The standard InChI is InChI=1S/C35H35Cl2FN6O4/c1-48-28-15-20(5-6-21(28)16-39-17-24-7-8-29(45)42-24)33-31(37)26(10-13-40-33)25-3-2-4-27(30(25)36)43-34-32(38)22(9-12-41-34)18-44-14-11-23(19-44)35(46)47/h2-6,9-10,12-13,15,23-24,39H,7-8,11,14,16-19H2,1H3,(H,41,43)(H,42,45)(H,46,47). The van der Waals surface area contributed by atoms with Gasteiger partial charge in [-0.05, 0) is 43.7 Å². The van der Waals surface area contributed by atoms with Gasteiger partial charge in [-0.25, -0.2) is 9.37 Å². The topological polar surface area (TPSA) is 129 Å². The van der Waals surface area contributed by atoms with E-state index in [-0.39, 0.29) is 24.3 Å². The van der Waals surface area contributed by atoms with Gasteiger partial charge in [0.1, 0.15) is 5.75 Å². The van der Waals surface area contributed by atoms with E-state index in [2.05, 4.69) is 25.9 Å². The lowest BCUT2D eigenvalue weighted by atomic mass is 10.0. The first-order valence-electron chi connectivity index (χ1n) is 15.7. The summed E-state index contributed by atoms with van der Waals surface area (Å²) in [6, 6.07) is 14.6. The number of hydrogen-bond acceptors (Lipinski definition) is 8. The predicted octanol–water partition coefficient (Wildman–Crippen LogP) is 6.28. The molecule has 2 aromatic carbocycles. The van der Waals surface area contributed by atoms with Crippen LogP contribution in [0.15, 0.2) is 60.9 Å². The summed E-state index contributed by atoms with van der Waals surface area (Å²) in [5, 5.41) is 19.4. The number of rotatable bonds is 12. The summed E-state index contributed by atoms with van der Waals surface area (Å²) in [5.74, 6) is -1.04. The molecule has 10 nitrogen and oxygen atoms in total. The fraction of sp³-hybridized carbons (Fsp3) is 0.314. The monoisotopic (exact) mass is 692 g/mol. The number of amides is 1. The number of benzene rings is 2. The smallest absolute Gasteiger partial charge is 0.307 e. The van der Waals surface area contributed by atoms with Gasteiger partial charge in [-0.1, -0.05) is 47.5 Å². The van der Waals surface area contributed by atoms with Crippen LogP contribution in [0.4, 0.5) is 15.9 Å². The number of anilines is 2. The molecule has 2 fully saturated rings. The average Bonchev–Trinajstić information content (AvgIpc) is 3.73. The number of carboxylic acids is 1. The molecule has 4 N–H and O–H groups in total. The van der Waals surface area contributed by atoms with Crippen molar-refractivity contribution in [2.45, 2.75) is 38.4 Å². The molecule has 0 bridgehead atoms. The molecular formula is C35H35Cl2FN6O4. The highest BCUT2D eigenvalue weighted by molar-refractivity contribution is 6.39. The number of nitrogens with zero attached hydrogens (tertiary/aromatic N) is 3. The molecule has 1 amide bonds. The van der Waals surface area contributed by atoms with Crippen molar-refractivity contribution < 1.29 is 23.8 Å². The largest absolute Gasteiger partial charge is 0.496 e. The number of halogens is 3. The first kappa shape index (κ1) is 33.6. The van der Waals surface area contributed by atoms with Gasteiger partial charge in [-0.2, -0.15) is 0 Å². The molecule has 0 aliphatic carbocycles. The molecule has 0 spiro atoms. The number of carbonyl (C=O) groups is 2. The van der Waals surface area contributed by atoms with Crippen molar-refractivity contribution in [1.82, 2.24) is 25.5 Å². The molecule has 2 atom stereocenters. The lowest BCUT2D eigenvalue weighted by Gasteiger charge is -2.18. The van der Waals surface area contributed by atoms with E-state index in [0.717, 1.165) is 17.5 Å². The minimum atomic E-state index is -0.833. The van der Waals surface area contributed by atoms with Crippen LogP contribution < -0.4 is 20.7 Å². The lowest BCUT2D eigenvalue weighted by molar-refractivity contribution is -0.141. The number of ether oxygens (including phenoxy) is 1. The van der Waals surface area contributed by atoms with Gasteiger partial charge in [0, 0.05) is 78.9 Å². The Morgan fingerprint density at radius 1 is 1.08 bits per heavy atom. The van der Waals surface area contributed by atoms with Crippen LogP contribution in [0.2, 0.25) is 10.0 Å². The Morgan fingerprint density at radius 3 is 2.65 bits per heavy atom. The summed E-state index contributed by atoms with van der Waals surface area (Å²) in [4.78, 5) is 33.5. The molecule has 2 saturated heterocycles. The molecule has 48 heavy (non-hydrogen) atoms. The van der Waals surface area contributed by atoms with Crippen molar-refractivity contribution in [3.63, 3.8) is 0 Å². The Labute approximate surface area is 287 Å². The zero-order valence-corrected chi connectivity index (χ0v) is 27.7. The predicted molar refractivity (Wildman–Crippen MR) is 183 cm³/mol. The van der Waals surface area contributed by atoms with Crippen molar-refractivity contribution in [3.8, 4) is 28.1 Å². The Morgan fingerprint density at radius 2 is 1.90 bits per heavy atom. The van der Waals surface area contributed by atoms with E-state index in [1.165, 1.54) is 6.20 Å². The number of pyridine rings is 2. The summed E-state index contributed by atoms with van der Waals surface area (Å²) in [7, 11) is 1.61. The highest BCUT2D eigenvalue weighted by atomic mass is 35.5. The zero-order valence-electron chi connectivity index (χ0n) is 26.2. The highest BCUT2D eigenvalue weighted by Crippen LogP contribution is 2.42. The normalized spacial score (nSPS) is 17.8. The third-order valence-corrected chi connectivity index (χ3v) is 9.56. The molecule has 4 aromatic rings. The molecule has 2 aliphatic rings. The second-order valence-corrected chi connectivity index (χ2v) is 12.7. The van der Waals surface area contributed by atoms with Gasteiger partial charge >= 0.3 is 5.97 Å². The van der Waals surface area contributed by atoms with E-state index in [9.17, 15) is 14.7 Å². The summed E-state index contributed by atoms with van der Waals surface area (Å²) in [6.45, 7) is 2.47. The van der Waals surface area contributed by atoms with Crippen LogP contribution in [0.25, 0.3) is 22.4 Å². The minimum Gasteiger partial charge on any atom is -0.496 e. The molecule has 0 radical (unpaired) electrons. The summed E-state index contributed by atoms with van der Waals surface area (Å²) in [5.41, 5.74) is 4.36. The van der Waals surface area contributed by atoms with Crippen LogP contribution in [0.5, 0.6) is 5.75 Å². The lowest BCUT2D eigenvalue weighted by Crippen LogP contribution is -2.35. The number of methoxy groups -OCH3 is 1. The van der Waals surface area contributed by atoms with Crippen LogP contribution in [0.1, 0.15) is 30.4 Å². The molecule has 6 rings (SSSR count). The average molecular weight is 694 g/mol. The van der Waals surface area contributed by atoms with Crippen molar-refractivity contribution in [2.75, 3.05) is 32.1 Å². The van der Waals surface area contributed by atoms with Gasteiger partial charge in [-0.3, -0.25) is 19.5 Å². The van der Waals surface area contributed by atoms with Crippen molar-refractivity contribution in [3.05, 3.63) is 87.9 Å². The van der Waals surface area contributed by atoms with Crippen LogP contribution >= 0.6 is 23.2 Å². The van der Waals surface area contributed by atoms with E-state index in [1.54, 1.807) is 37.6 Å². The van der Waals surface area contributed by atoms with Crippen molar-refractivity contribution in [2.24, 2.45) is 5.92 Å². The molecule has 13 heteroatoms. The Balaban J connectivity index is 1.20. The third kappa shape index (κ3) is 7.39. The molecule has 250 valence electrons.